The Morgan fingerprint density at radius 1 is 1.23 bits per heavy atom. The van der Waals surface area contributed by atoms with Crippen LogP contribution in [-0.2, 0) is 19.1 Å². The molecule has 0 saturated carbocycles. The molecule has 0 aliphatic rings. The van der Waals surface area contributed by atoms with Gasteiger partial charge in [0.25, 0.3) is 5.70 Å². The smallest absolute Gasteiger partial charge is 0.336 e. The summed E-state index contributed by atoms with van der Waals surface area (Å²) in [6.07, 6.45) is 0.717. The number of aliphatic hydroxyl groups excluding tert-OH is 1. The van der Waals surface area contributed by atoms with E-state index in [2.05, 4.69) is 4.85 Å². The summed E-state index contributed by atoms with van der Waals surface area (Å²) in [6.45, 7) is 11.7. The van der Waals surface area contributed by atoms with Gasteiger partial charge < -0.3 is 19.7 Å². The van der Waals surface area contributed by atoms with Crippen molar-refractivity contribution in [3.05, 3.63) is 46.9 Å². The van der Waals surface area contributed by atoms with Crippen LogP contribution in [-0.4, -0.2) is 41.5 Å². The standard InChI is InChI=1S/C19H23NO6/c1-5-19(2,3)18(24)26-12-15(22)11-25-17(23)16(20-4)10-13-6-8-14(21)9-7-13/h6-10,15,21-22H,5,11-12H2,1-3H3/b16-10-. The number of hydrogen-bond donors (Lipinski definition) is 2. The van der Waals surface area contributed by atoms with Gasteiger partial charge in [0.2, 0.25) is 0 Å². The molecule has 0 aliphatic heterocycles. The molecule has 1 rings (SSSR count). The molecule has 140 valence electrons. The lowest BCUT2D eigenvalue weighted by molar-refractivity contribution is -0.159. The summed E-state index contributed by atoms with van der Waals surface area (Å²) in [6, 6.07) is 5.93. The fourth-order valence-electron chi connectivity index (χ4n) is 1.67. The molecule has 0 aromatic heterocycles. The highest BCUT2D eigenvalue weighted by atomic mass is 16.6. The largest absolute Gasteiger partial charge is 0.508 e. The van der Waals surface area contributed by atoms with Crippen molar-refractivity contribution in [1.82, 2.24) is 0 Å². The summed E-state index contributed by atoms with van der Waals surface area (Å²) >= 11 is 0. The second-order valence-electron chi connectivity index (χ2n) is 6.32. The number of aliphatic hydroxyl groups is 1. The summed E-state index contributed by atoms with van der Waals surface area (Å²) in [5.74, 6) is -1.27. The van der Waals surface area contributed by atoms with Crippen molar-refractivity contribution in [2.45, 2.75) is 33.3 Å². The molecule has 1 atom stereocenters. The predicted molar refractivity (Wildman–Crippen MR) is 94.7 cm³/mol. The maximum absolute atomic E-state index is 11.9. The number of carbonyl (C=O) groups is 2. The Morgan fingerprint density at radius 3 is 2.35 bits per heavy atom. The van der Waals surface area contributed by atoms with Crippen molar-refractivity contribution in [3.63, 3.8) is 0 Å². The third kappa shape index (κ3) is 6.57. The zero-order valence-electron chi connectivity index (χ0n) is 15.1. The SMILES string of the molecule is [C-]#[N+]/C(=C\c1ccc(O)cc1)C(=O)OCC(O)COC(=O)C(C)(C)CC. The quantitative estimate of drug-likeness (QED) is 0.419. The van der Waals surface area contributed by atoms with Crippen LogP contribution in [0.3, 0.4) is 0 Å². The highest BCUT2D eigenvalue weighted by Crippen LogP contribution is 2.21. The Morgan fingerprint density at radius 2 is 1.81 bits per heavy atom. The molecule has 1 unspecified atom stereocenters. The summed E-state index contributed by atoms with van der Waals surface area (Å²) in [5, 5.41) is 19.0. The average Bonchev–Trinajstić information content (AvgIpc) is 2.63. The Labute approximate surface area is 152 Å². The van der Waals surface area contributed by atoms with E-state index in [1.807, 2.05) is 6.92 Å². The first-order valence-electron chi connectivity index (χ1n) is 8.10. The van der Waals surface area contributed by atoms with E-state index >= 15 is 0 Å². The van der Waals surface area contributed by atoms with Gasteiger partial charge in [-0.15, -0.1) is 0 Å². The molecule has 0 aliphatic carbocycles. The number of benzene rings is 1. The molecule has 1 aromatic rings. The molecule has 0 heterocycles. The van der Waals surface area contributed by atoms with Gasteiger partial charge in [-0.25, -0.2) is 4.85 Å². The summed E-state index contributed by atoms with van der Waals surface area (Å²) in [4.78, 5) is 26.8. The highest BCUT2D eigenvalue weighted by molar-refractivity contribution is 5.95. The first-order chi connectivity index (χ1) is 12.2. The lowest BCUT2D eigenvalue weighted by atomic mass is 9.91. The topological polar surface area (TPSA) is 97.4 Å². The van der Waals surface area contributed by atoms with E-state index in [0.29, 0.717) is 12.0 Å². The third-order valence-corrected chi connectivity index (χ3v) is 3.78. The highest BCUT2D eigenvalue weighted by Gasteiger charge is 2.27. The predicted octanol–water partition coefficient (Wildman–Crippen LogP) is 2.54. The van der Waals surface area contributed by atoms with Crippen molar-refractivity contribution >= 4 is 18.0 Å². The van der Waals surface area contributed by atoms with E-state index in [-0.39, 0.29) is 18.1 Å². The second-order valence-corrected chi connectivity index (χ2v) is 6.32. The summed E-state index contributed by atoms with van der Waals surface area (Å²) in [5.41, 5.74) is -0.380. The lowest BCUT2D eigenvalue weighted by Crippen LogP contribution is -2.31. The zero-order chi connectivity index (χ0) is 19.7. The first kappa shape index (κ1) is 21.2. The van der Waals surface area contributed by atoms with Crippen LogP contribution in [0.1, 0.15) is 32.8 Å². The van der Waals surface area contributed by atoms with Gasteiger partial charge in [0, 0.05) is 0 Å². The molecule has 2 N–H and O–H groups in total. The van der Waals surface area contributed by atoms with Gasteiger partial charge in [-0.3, -0.25) is 9.59 Å². The summed E-state index contributed by atoms with van der Waals surface area (Å²) in [7, 11) is 0. The number of esters is 2. The van der Waals surface area contributed by atoms with Crippen molar-refractivity contribution < 1.29 is 29.3 Å². The molecule has 0 saturated heterocycles. The molecule has 0 spiro atoms. The van der Waals surface area contributed by atoms with Gasteiger partial charge in [-0.1, -0.05) is 19.1 Å². The van der Waals surface area contributed by atoms with Crippen molar-refractivity contribution in [3.8, 4) is 5.75 Å². The van der Waals surface area contributed by atoms with Crippen LogP contribution in [0.5, 0.6) is 5.75 Å². The van der Waals surface area contributed by atoms with Crippen LogP contribution >= 0.6 is 0 Å². The van der Waals surface area contributed by atoms with Gasteiger partial charge in [-0.05, 0) is 44.0 Å². The van der Waals surface area contributed by atoms with Crippen LogP contribution in [0.4, 0.5) is 0 Å². The van der Waals surface area contributed by atoms with Gasteiger partial charge in [0.15, 0.2) is 0 Å². The molecule has 0 amide bonds. The van der Waals surface area contributed by atoms with Crippen LogP contribution in [0.25, 0.3) is 10.9 Å². The Hall–Kier alpha value is -2.85. The molecule has 26 heavy (non-hydrogen) atoms. The third-order valence-electron chi connectivity index (χ3n) is 3.78. The molecule has 0 radical (unpaired) electrons. The van der Waals surface area contributed by atoms with Crippen LogP contribution in [0.15, 0.2) is 30.0 Å². The van der Waals surface area contributed by atoms with E-state index in [1.165, 1.54) is 30.3 Å². The van der Waals surface area contributed by atoms with Gasteiger partial charge in [-0.2, -0.15) is 0 Å². The van der Waals surface area contributed by atoms with Gasteiger partial charge in [0.05, 0.1) is 12.0 Å². The van der Waals surface area contributed by atoms with E-state index < -0.39 is 30.1 Å². The van der Waals surface area contributed by atoms with E-state index in [0.717, 1.165) is 0 Å². The molecular weight excluding hydrogens is 338 g/mol. The van der Waals surface area contributed by atoms with Crippen molar-refractivity contribution in [1.29, 1.82) is 0 Å². The van der Waals surface area contributed by atoms with Crippen LogP contribution in [0, 0.1) is 12.0 Å². The minimum Gasteiger partial charge on any atom is -0.508 e. The van der Waals surface area contributed by atoms with E-state index in [9.17, 15) is 19.8 Å². The number of phenolic OH excluding ortho intramolecular Hbond substituents is 1. The first-order valence-corrected chi connectivity index (χ1v) is 8.10. The molecule has 7 heteroatoms. The number of nitrogens with zero attached hydrogens (tertiary/aromatic N) is 1. The maximum Gasteiger partial charge on any atom is 0.336 e. The summed E-state index contributed by atoms with van der Waals surface area (Å²) < 4.78 is 9.89. The Kier molecular flexibility index (Phi) is 7.81. The molecule has 7 nitrogen and oxygen atoms in total. The molecule has 1 aromatic carbocycles. The van der Waals surface area contributed by atoms with E-state index in [4.69, 9.17) is 16.0 Å². The minimum atomic E-state index is -1.18. The number of rotatable bonds is 8. The number of ether oxygens (including phenoxy) is 2. The number of aromatic hydroxyl groups is 1. The molecular formula is C19H23NO6. The minimum absolute atomic E-state index is 0.0676. The Bertz CT molecular complexity index is 700. The fourth-order valence-corrected chi connectivity index (χ4v) is 1.67. The van der Waals surface area contributed by atoms with Gasteiger partial charge >= 0.3 is 11.9 Å². The number of carbonyl (C=O) groups excluding carboxylic acids is 2. The average molecular weight is 361 g/mol. The number of hydrogen-bond acceptors (Lipinski definition) is 6. The van der Waals surface area contributed by atoms with Gasteiger partial charge in [0.1, 0.15) is 25.1 Å². The Balaban J connectivity index is 2.54. The molecule has 0 bridgehead atoms. The normalized spacial score (nSPS) is 12.8. The number of phenols is 1. The lowest BCUT2D eigenvalue weighted by Gasteiger charge is -2.21. The fraction of sp³-hybridized carbons (Fsp3) is 0.421. The van der Waals surface area contributed by atoms with Crippen LogP contribution in [0.2, 0.25) is 0 Å². The van der Waals surface area contributed by atoms with Crippen molar-refractivity contribution in [2.75, 3.05) is 13.2 Å². The second kappa shape index (κ2) is 9.59. The van der Waals surface area contributed by atoms with Crippen molar-refractivity contribution in [2.24, 2.45) is 5.41 Å². The molecule has 0 fully saturated rings. The van der Waals surface area contributed by atoms with Crippen LogP contribution < -0.4 is 0 Å². The maximum atomic E-state index is 11.9. The zero-order valence-corrected chi connectivity index (χ0v) is 15.1. The monoisotopic (exact) mass is 361 g/mol. The van der Waals surface area contributed by atoms with E-state index in [1.54, 1.807) is 13.8 Å².